The summed E-state index contributed by atoms with van der Waals surface area (Å²) in [7, 11) is -3.10. The van der Waals surface area contributed by atoms with E-state index in [0.717, 1.165) is 0 Å². The second kappa shape index (κ2) is 4.24. The standard InChI is InChI=1S/C10H13ClN2O2S/c11-9-3-1-4-10(12)8(9)7-13-5-2-6-16(13,14)15/h1,3-4H,2,5-7,12H2. The predicted octanol–water partition coefficient (Wildman–Crippen LogP) is 1.46. The summed E-state index contributed by atoms with van der Waals surface area (Å²) in [6.07, 6.45) is 0.673. The van der Waals surface area contributed by atoms with Crippen molar-refractivity contribution in [3.05, 3.63) is 28.8 Å². The van der Waals surface area contributed by atoms with Crippen LogP contribution in [0.3, 0.4) is 0 Å². The van der Waals surface area contributed by atoms with Crippen molar-refractivity contribution in [1.29, 1.82) is 0 Å². The molecule has 1 aromatic carbocycles. The first kappa shape index (κ1) is 11.7. The fraction of sp³-hybridized carbons (Fsp3) is 0.400. The second-order valence-corrected chi connectivity index (χ2v) is 6.31. The summed E-state index contributed by atoms with van der Waals surface area (Å²) in [5, 5.41) is 0.516. The number of rotatable bonds is 2. The maximum Gasteiger partial charge on any atom is 0.214 e. The molecule has 16 heavy (non-hydrogen) atoms. The average molecular weight is 261 g/mol. The van der Waals surface area contributed by atoms with Gasteiger partial charge in [-0.1, -0.05) is 17.7 Å². The average Bonchev–Trinajstić information content (AvgIpc) is 2.52. The van der Waals surface area contributed by atoms with Crippen LogP contribution in [0, 0.1) is 0 Å². The van der Waals surface area contributed by atoms with Gasteiger partial charge in [-0.3, -0.25) is 0 Å². The van der Waals surface area contributed by atoms with Crippen LogP contribution in [0.15, 0.2) is 18.2 Å². The summed E-state index contributed by atoms with van der Waals surface area (Å²) >= 11 is 6.00. The molecule has 0 unspecified atom stereocenters. The Morgan fingerprint density at radius 2 is 2.19 bits per heavy atom. The van der Waals surface area contributed by atoms with Gasteiger partial charge in [0.25, 0.3) is 0 Å². The van der Waals surface area contributed by atoms with Gasteiger partial charge in [0, 0.05) is 29.4 Å². The van der Waals surface area contributed by atoms with Crippen LogP contribution in [0.4, 0.5) is 5.69 Å². The summed E-state index contributed by atoms with van der Waals surface area (Å²) in [4.78, 5) is 0. The van der Waals surface area contributed by atoms with Crippen LogP contribution < -0.4 is 5.73 Å². The van der Waals surface area contributed by atoms with Crippen molar-refractivity contribution in [2.45, 2.75) is 13.0 Å². The van der Waals surface area contributed by atoms with Crippen molar-refractivity contribution in [3.63, 3.8) is 0 Å². The van der Waals surface area contributed by atoms with Crippen LogP contribution in [0.25, 0.3) is 0 Å². The molecular weight excluding hydrogens is 248 g/mol. The molecule has 1 saturated heterocycles. The van der Waals surface area contributed by atoms with E-state index in [-0.39, 0.29) is 12.3 Å². The van der Waals surface area contributed by atoms with E-state index in [0.29, 0.717) is 29.2 Å². The number of sulfonamides is 1. The van der Waals surface area contributed by atoms with Crippen molar-refractivity contribution in [2.24, 2.45) is 0 Å². The van der Waals surface area contributed by atoms with Crippen molar-refractivity contribution in [2.75, 3.05) is 18.0 Å². The Hall–Kier alpha value is -0.780. The first-order valence-corrected chi connectivity index (χ1v) is 7.00. The Morgan fingerprint density at radius 3 is 2.75 bits per heavy atom. The fourth-order valence-electron chi connectivity index (χ4n) is 1.79. The highest BCUT2D eigenvalue weighted by molar-refractivity contribution is 7.89. The van der Waals surface area contributed by atoms with Gasteiger partial charge in [0.15, 0.2) is 0 Å². The number of benzene rings is 1. The van der Waals surface area contributed by atoms with Gasteiger partial charge in [-0.05, 0) is 18.6 Å². The smallest absolute Gasteiger partial charge is 0.214 e. The lowest BCUT2D eigenvalue weighted by Crippen LogP contribution is -2.25. The van der Waals surface area contributed by atoms with E-state index in [2.05, 4.69) is 0 Å². The number of hydrogen-bond acceptors (Lipinski definition) is 3. The van der Waals surface area contributed by atoms with Crippen molar-refractivity contribution in [3.8, 4) is 0 Å². The molecule has 0 bridgehead atoms. The van der Waals surface area contributed by atoms with E-state index in [1.54, 1.807) is 18.2 Å². The zero-order valence-electron chi connectivity index (χ0n) is 8.69. The van der Waals surface area contributed by atoms with Gasteiger partial charge in [-0.25, -0.2) is 8.42 Å². The number of nitrogen functional groups attached to an aromatic ring is 1. The number of hydrogen-bond donors (Lipinski definition) is 1. The molecule has 0 amide bonds. The van der Waals surface area contributed by atoms with Gasteiger partial charge in [0.05, 0.1) is 5.75 Å². The quantitative estimate of drug-likeness (QED) is 0.819. The SMILES string of the molecule is Nc1cccc(Cl)c1CN1CCCS1(=O)=O. The lowest BCUT2D eigenvalue weighted by Gasteiger charge is -2.16. The Bertz CT molecular complexity index is 481. The molecule has 1 aliphatic heterocycles. The first-order valence-electron chi connectivity index (χ1n) is 5.01. The molecule has 1 heterocycles. The molecule has 88 valence electrons. The molecule has 0 saturated carbocycles. The number of anilines is 1. The highest BCUT2D eigenvalue weighted by Gasteiger charge is 2.28. The number of nitrogens with zero attached hydrogens (tertiary/aromatic N) is 1. The minimum absolute atomic E-state index is 0.220. The Morgan fingerprint density at radius 1 is 1.44 bits per heavy atom. The molecule has 0 aliphatic carbocycles. The molecule has 0 aromatic heterocycles. The summed E-state index contributed by atoms with van der Waals surface area (Å²) in [5.74, 6) is 0.220. The normalized spacial score (nSPS) is 20.1. The molecule has 1 aromatic rings. The van der Waals surface area contributed by atoms with Crippen molar-refractivity contribution in [1.82, 2.24) is 4.31 Å². The van der Waals surface area contributed by atoms with E-state index in [4.69, 9.17) is 17.3 Å². The maximum atomic E-state index is 11.6. The van der Waals surface area contributed by atoms with Crippen LogP contribution in [0.2, 0.25) is 5.02 Å². The van der Waals surface area contributed by atoms with E-state index in [1.165, 1.54) is 4.31 Å². The summed E-state index contributed by atoms with van der Waals surface area (Å²) in [6.45, 7) is 0.820. The molecule has 0 spiro atoms. The van der Waals surface area contributed by atoms with Crippen LogP contribution in [-0.4, -0.2) is 25.0 Å². The second-order valence-electron chi connectivity index (χ2n) is 3.81. The monoisotopic (exact) mass is 260 g/mol. The number of halogens is 1. The Labute approximate surface area is 100 Å². The topological polar surface area (TPSA) is 63.4 Å². The lowest BCUT2D eigenvalue weighted by molar-refractivity contribution is 0.440. The zero-order chi connectivity index (χ0) is 11.8. The largest absolute Gasteiger partial charge is 0.398 e. The Kier molecular flexibility index (Phi) is 3.10. The molecule has 0 atom stereocenters. The molecule has 1 aliphatic rings. The van der Waals surface area contributed by atoms with Gasteiger partial charge in [0.2, 0.25) is 10.0 Å². The van der Waals surface area contributed by atoms with Gasteiger partial charge in [0.1, 0.15) is 0 Å². The lowest BCUT2D eigenvalue weighted by atomic mass is 10.2. The molecule has 6 heteroatoms. The van der Waals surface area contributed by atoms with Gasteiger partial charge in [-0.2, -0.15) is 4.31 Å². The predicted molar refractivity (Wildman–Crippen MR) is 64.7 cm³/mol. The molecular formula is C10H13ClN2O2S. The highest BCUT2D eigenvalue weighted by atomic mass is 35.5. The van der Waals surface area contributed by atoms with Crippen LogP contribution in [0.5, 0.6) is 0 Å². The third-order valence-corrected chi connectivity index (χ3v) is 4.95. The summed E-state index contributed by atoms with van der Waals surface area (Å²) < 4.78 is 24.7. The van der Waals surface area contributed by atoms with E-state index < -0.39 is 10.0 Å². The first-order chi connectivity index (χ1) is 7.50. The minimum atomic E-state index is -3.10. The van der Waals surface area contributed by atoms with Crippen LogP contribution in [0.1, 0.15) is 12.0 Å². The van der Waals surface area contributed by atoms with Gasteiger partial charge in [-0.15, -0.1) is 0 Å². The third-order valence-electron chi connectivity index (χ3n) is 2.69. The maximum absolute atomic E-state index is 11.6. The van der Waals surface area contributed by atoms with Crippen LogP contribution >= 0.6 is 11.6 Å². The summed E-state index contributed by atoms with van der Waals surface area (Å²) in [5.41, 5.74) is 7.01. The molecule has 0 radical (unpaired) electrons. The van der Waals surface area contributed by atoms with Crippen LogP contribution in [-0.2, 0) is 16.6 Å². The molecule has 2 rings (SSSR count). The van der Waals surface area contributed by atoms with Crippen molar-refractivity contribution >= 4 is 27.3 Å². The van der Waals surface area contributed by atoms with Crippen molar-refractivity contribution < 1.29 is 8.42 Å². The minimum Gasteiger partial charge on any atom is -0.398 e. The fourth-order valence-corrected chi connectivity index (χ4v) is 3.51. The molecule has 1 fully saturated rings. The number of nitrogens with two attached hydrogens (primary N) is 1. The van der Waals surface area contributed by atoms with E-state index >= 15 is 0 Å². The third kappa shape index (κ3) is 2.16. The van der Waals surface area contributed by atoms with E-state index in [1.807, 2.05) is 0 Å². The molecule has 2 N–H and O–H groups in total. The Balaban J connectivity index is 2.28. The van der Waals surface area contributed by atoms with E-state index in [9.17, 15) is 8.42 Å². The van der Waals surface area contributed by atoms with Gasteiger partial charge >= 0.3 is 0 Å². The highest BCUT2D eigenvalue weighted by Crippen LogP contribution is 2.26. The summed E-state index contributed by atoms with van der Waals surface area (Å²) in [6, 6.07) is 5.19. The molecule has 4 nitrogen and oxygen atoms in total. The zero-order valence-corrected chi connectivity index (χ0v) is 10.3. The van der Waals surface area contributed by atoms with Gasteiger partial charge < -0.3 is 5.73 Å².